The fourth-order valence-electron chi connectivity index (χ4n) is 3.64. The van der Waals surface area contributed by atoms with Crippen LogP contribution in [-0.4, -0.2) is 77.6 Å². The fraction of sp³-hybridized carbons (Fsp3) is 0.778. The molecular formula is C18H32IN5O2S. The number of nitrogens with one attached hydrogen (secondary N) is 1. The van der Waals surface area contributed by atoms with Crippen molar-refractivity contribution in [3.05, 3.63) is 18.0 Å². The summed E-state index contributed by atoms with van der Waals surface area (Å²) in [5, 5.41) is 7.90. The molecule has 1 atom stereocenters. The van der Waals surface area contributed by atoms with Gasteiger partial charge in [0.05, 0.1) is 19.3 Å². The smallest absolute Gasteiger partial charge is 0.193 e. The van der Waals surface area contributed by atoms with Crippen LogP contribution in [0.25, 0.3) is 0 Å². The number of hydrogen-bond donors (Lipinski definition) is 1. The molecule has 1 N–H and O–H groups in total. The number of guanidine groups is 1. The molecule has 2 saturated heterocycles. The lowest BCUT2D eigenvalue weighted by Gasteiger charge is -2.39. The van der Waals surface area contributed by atoms with Gasteiger partial charge in [-0.3, -0.25) is 9.67 Å². The molecule has 0 bridgehead atoms. The van der Waals surface area contributed by atoms with Crippen LogP contribution in [0.2, 0.25) is 0 Å². The molecule has 27 heavy (non-hydrogen) atoms. The third-order valence-corrected chi connectivity index (χ3v) is 6.55. The van der Waals surface area contributed by atoms with Crippen molar-refractivity contribution in [3.8, 4) is 0 Å². The molecule has 1 aromatic heterocycles. The standard InChI is InChI=1S/C18H31N5O2S.HI/c1-4-26-18(5-8-24-9-6-18)14-20-17(19-2)23-7-10-25-16(13-23)15-11-21-22(3)12-15;/h11-12,16H,4-10,13-14H2,1-3H3,(H,19,20);1H. The number of aryl methyl sites for hydroxylation is 1. The van der Waals surface area contributed by atoms with E-state index in [1.165, 1.54) is 0 Å². The Kier molecular flexibility index (Phi) is 9.17. The Balaban J connectivity index is 0.00000261. The predicted octanol–water partition coefficient (Wildman–Crippen LogP) is 2.29. The maximum Gasteiger partial charge on any atom is 0.193 e. The van der Waals surface area contributed by atoms with Crippen molar-refractivity contribution in [1.82, 2.24) is 20.0 Å². The SMILES string of the molecule is CCSC1(CNC(=NC)N2CCOC(c3cnn(C)c3)C2)CCOCC1.I. The van der Waals surface area contributed by atoms with E-state index in [4.69, 9.17) is 9.47 Å². The van der Waals surface area contributed by atoms with Crippen LogP contribution >= 0.6 is 35.7 Å². The molecule has 0 aromatic carbocycles. The van der Waals surface area contributed by atoms with E-state index in [0.717, 1.165) is 63.0 Å². The van der Waals surface area contributed by atoms with Gasteiger partial charge in [-0.05, 0) is 18.6 Å². The maximum absolute atomic E-state index is 5.96. The Morgan fingerprint density at radius 2 is 2.19 bits per heavy atom. The molecule has 0 spiro atoms. The van der Waals surface area contributed by atoms with E-state index >= 15 is 0 Å². The molecular weight excluding hydrogens is 477 g/mol. The molecule has 1 aromatic rings. The number of halogens is 1. The van der Waals surface area contributed by atoms with Crippen LogP contribution in [0, 0.1) is 0 Å². The molecule has 3 rings (SSSR count). The zero-order valence-electron chi connectivity index (χ0n) is 16.5. The van der Waals surface area contributed by atoms with Gasteiger partial charge in [0.25, 0.3) is 0 Å². The first-order valence-electron chi connectivity index (χ1n) is 9.43. The first kappa shape index (κ1) is 22.8. The van der Waals surface area contributed by atoms with Gasteiger partial charge in [0.1, 0.15) is 6.10 Å². The van der Waals surface area contributed by atoms with Crippen molar-refractivity contribution >= 4 is 41.7 Å². The number of morpholine rings is 1. The summed E-state index contributed by atoms with van der Waals surface area (Å²) in [6, 6.07) is 0. The summed E-state index contributed by atoms with van der Waals surface area (Å²) in [7, 11) is 3.80. The molecule has 0 amide bonds. The minimum absolute atomic E-state index is 0. The highest BCUT2D eigenvalue weighted by Crippen LogP contribution is 2.34. The molecule has 0 saturated carbocycles. The summed E-state index contributed by atoms with van der Waals surface area (Å²) >= 11 is 2.05. The van der Waals surface area contributed by atoms with Crippen molar-refractivity contribution in [3.63, 3.8) is 0 Å². The summed E-state index contributed by atoms with van der Waals surface area (Å²) < 4.78 is 13.6. The van der Waals surface area contributed by atoms with E-state index in [2.05, 4.69) is 27.2 Å². The Morgan fingerprint density at radius 3 is 2.81 bits per heavy atom. The highest BCUT2D eigenvalue weighted by atomic mass is 127. The van der Waals surface area contributed by atoms with E-state index in [-0.39, 0.29) is 34.8 Å². The molecule has 3 heterocycles. The summed E-state index contributed by atoms with van der Waals surface area (Å²) in [6.07, 6.45) is 6.14. The average Bonchev–Trinajstić information content (AvgIpc) is 3.10. The summed E-state index contributed by atoms with van der Waals surface area (Å²) in [4.78, 5) is 6.83. The van der Waals surface area contributed by atoms with Gasteiger partial charge in [0.2, 0.25) is 0 Å². The first-order valence-corrected chi connectivity index (χ1v) is 10.4. The van der Waals surface area contributed by atoms with Gasteiger partial charge in [-0.1, -0.05) is 6.92 Å². The van der Waals surface area contributed by atoms with Crippen LogP contribution in [-0.2, 0) is 16.5 Å². The minimum Gasteiger partial charge on any atom is -0.381 e. The number of rotatable bonds is 5. The monoisotopic (exact) mass is 509 g/mol. The Hall–Kier alpha value is -0.520. The summed E-state index contributed by atoms with van der Waals surface area (Å²) in [5.41, 5.74) is 1.12. The van der Waals surface area contributed by atoms with E-state index in [1.807, 2.05) is 42.9 Å². The molecule has 2 aliphatic rings. The lowest BCUT2D eigenvalue weighted by Crippen LogP contribution is -2.52. The van der Waals surface area contributed by atoms with Crippen LogP contribution in [0.5, 0.6) is 0 Å². The van der Waals surface area contributed by atoms with E-state index in [9.17, 15) is 0 Å². The van der Waals surface area contributed by atoms with Crippen molar-refractivity contribution in [2.24, 2.45) is 12.0 Å². The number of aromatic nitrogens is 2. The lowest BCUT2D eigenvalue weighted by molar-refractivity contribution is -0.00815. The zero-order valence-corrected chi connectivity index (χ0v) is 19.7. The van der Waals surface area contributed by atoms with Crippen molar-refractivity contribution < 1.29 is 9.47 Å². The minimum atomic E-state index is 0. The predicted molar refractivity (Wildman–Crippen MR) is 121 cm³/mol. The number of ether oxygens (including phenoxy) is 2. The summed E-state index contributed by atoms with van der Waals surface area (Å²) in [5.74, 6) is 2.09. The molecule has 2 fully saturated rings. The van der Waals surface area contributed by atoms with E-state index < -0.39 is 0 Å². The molecule has 154 valence electrons. The second kappa shape index (κ2) is 10.9. The highest BCUT2D eigenvalue weighted by Gasteiger charge is 2.33. The number of thioether (sulfide) groups is 1. The molecule has 7 nitrogen and oxygen atoms in total. The molecule has 9 heteroatoms. The molecule has 1 unspecified atom stereocenters. The van der Waals surface area contributed by atoms with Crippen molar-refractivity contribution in [2.75, 3.05) is 52.3 Å². The van der Waals surface area contributed by atoms with Crippen LogP contribution in [0.15, 0.2) is 17.4 Å². The highest BCUT2D eigenvalue weighted by molar-refractivity contribution is 14.0. The van der Waals surface area contributed by atoms with Gasteiger partial charge in [0.15, 0.2) is 5.96 Å². The average molecular weight is 509 g/mol. The van der Waals surface area contributed by atoms with Crippen LogP contribution in [0.4, 0.5) is 0 Å². The van der Waals surface area contributed by atoms with Crippen LogP contribution < -0.4 is 5.32 Å². The zero-order chi connectivity index (χ0) is 18.4. The third kappa shape index (κ3) is 5.98. The van der Waals surface area contributed by atoms with Gasteiger partial charge in [0, 0.05) is 56.9 Å². The van der Waals surface area contributed by atoms with Crippen LogP contribution in [0.3, 0.4) is 0 Å². The Morgan fingerprint density at radius 1 is 1.41 bits per heavy atom. The first-order chi connectivity index (χ1) is 12.7. The van der Waals surface area contributed by atoms with Crippen molar-refractivity contribution in [1.29, 1.82) is 0 Å². The van der Waals surface area contributed by atoms with Crippen molar-refractivity contribution in [2.45, 2.75) is 30.6 Å². The number of hydrogen-bond acceptors (Lipinski definition) is 5. The van der Waals surface area contributed by atoms with Crippen LogP contribution in [0.1, 0.15) is 31.4 Å². The normalized spacial score (nSPS) is 23.0. The Labute approximate surface area is 183 Å². The van der Waals surface area contributed by atoms with Gasteiger partial charge >= 0.3 is 0 Å². The van der Waals surface area contributed by atoms with Gasteiger partial charge in [-0.25, -0.2) is 0 Å². The topological polar surface area (TPSA) is 63.9 Å². The quantitative estimate of drug-likeness (QED) is 0.374. The molecule has 2 aliphatic heterocycles. The van der Waals surface area contributed by atoms with E-state index in [0.29, 0.717) is 6.61 Å². The molecule has 0 radical (unpaired) electrons. The number of aliphatic imine (C=N–C) groups is 1. The number of nitrogens with zero attached hydrogens (tertiary/aromatic N) is 4. The summed E-state index contributed by atoms with van der Waals surface area (Å²) in [6.45, 7) is 7.22. The second-order valence-corrected chi connectivity index (χ2v) is 8.61. The van der Waals surface area contributed by atoms with Gasteiger partial charge < -0.3 is 19.7 Å². The molecule has 0 aliphatic carbocycles. The Bertz CT molecular complexity index is 601. The maximum atomic E-state index is 5.96. The van der Waals surface area contributed by atoms with E-state index in [1.54, 1.807) is 0 Å². The van der Waals surface area contributed by atoms with Gasteiger partial charge in [-0.15, -0.1) is 24.0 Å². The third-order valence-electron chi connectivity index (χ3n) is 5.10. The lowest BCUT2D eigenvalue weighted by atomic mass is 9.99. The largest absolute Gasteiger partial charge is 0.381 e. The fourth-order valence-corrected chi connectivity index (χ4v) is 4.89. The van der Waals surface area contributed by atoms with Gasteiger partial charge in [-0.2, -0.15) is 16.9 Å². The second-order valence-electron chi connectivity index (χ2n) is 6.88.